The van der Waals surface area contributed by atoms with Crippen LogP contribution in [-0.2, 0) is 0 Å². The van der Waals surface area contributed by atoms with E-state index in [0.29, 0.717) is 28.5 Å². The van der Waals surface area contributed by atoms with Crippen LogP contribution in [0.15, 0.2) is 18.2 Å². The van der Waals surface area contributed by atoms with Crippen LogP contribution in [0.25, 0.3) is 0 Å². The van der Waals surface area contributed by atoms with Gasteiger partial charge in [-0.15, -0.1) is 12.4 Å². The summed E-state index contributed by atoms with van der Waals surface area (Å²) in [5, 5.41) is 7.03. The molecule has 1 aromatic rings. The molecule has 1 aliphatic heterocycles. The van der Waals surface area contributed by atoms with Crippen molar-refractivity contribution in [3.8, 4) is 0 Å². The van der Waals surface area contributed by atoms with Gasteiger partial charge in [0.25, 0.3) is 5.91 Å². The molecule has 18 heavy (non-hydrogen) atoms. The number of hydrogen-bond acceptors (Lipinski definition) is 2. The minimum Gasteiger partial charge on any atom is -0.349 e. The van der Waals surface area contributed by atoms with Gasteiger partial charge in [0.2, 0.25) is 0 Å². The molecule has 0 aromatic heterocycles. The normalized spacial score (nSPS) is 28.2. The average molecular weight is 287 g/mol. The van der Waals surface area contributed by atoms with Gasteiger partial charge in [0.1, 0.15) is 0 Å². The third-order valence-electron chi connectivity index (χ3n) is 3.83. The van der Waals surface area contributed by atoms with E-state index < -0.39 is 0 Å². The van der Waals surface area contributed by atoms with Crippen molar-refractivity contribution in [1.82, 2.24) is 10.6 Å². The molecule has 2 atom stereocenters. The van der Waals surface area contributed by atoms with E-state index >= 15 is 0 Å². The van der Waals surface area contributed by atoms with Crippen molar-refractivity contribution < 1.29 is 4.79 Å². The molecule has 2 N–H and O–H groups in total. The fraction of sp³-hybridized carbons (Fsp3) is 0.462. The van der Waals surface area contributed by atoms with Gasteiger partial charge >= 0.3 is 0 Å². The van der Waals surface area contributed by atoms with E-state index in [1.807, 2.05) is 19.1 Å². The van der Waals surface area contributed by atoms with Crippen LogP contribution in [0.4, 0.5) is 0 Å². The Morgan fingerprint density at radius 2 is 2.06 bits per heavy atom. The van der Waals surface area contributed by atoms with Crippen LogP contribution in [0, 0.1) is 18.8 Å². The van der Waals surface area contributed by atoms with Gasteiger partial charge in [0.15, 0.2) is 0 Å². The van der Waals surface area contributed by atoms with Crippen LogP contribution < -0.4 is 10.6 Å². The van der Waals surface area contributed by atoms with Crippen molar-refractivity contribution >= 4 is 29.9 Å². The Hall–Kier alpha value is -0.770. The topological polar surface area (TPSA) is 41.1 Å². The molecular weight excluding hydrogens is 271 g/mol. The number of piperidine rings is 1. The van der Waals surface area contributed by atoms with Crippen LogP contribution >= 0.6 is 24.0 Å². The highest BCUT2D eigenvalue weighted by Crippen LogP contribution is 2.41. The molecular formula is C13H16Cl2N2O. The van der Waals surface area contributed by atoms with Crippen molar-refractivity contribution in [2.45, 2.75) is 13.0 Å². The quantitative estimate of drug-likeness (QED) is 0.873. The largest absolute Gasteiger partial charge is 0.349 e. The van der Waals surface area contributed by atoms with Crippen molar-refractivity contribution in [3.63, 3.8) is 0 Å². The van der Waals surface area contributed by atoms with E-state index in [2.05, 4.69) is 10.6 Å². The molecule has 0 bridgehead atoms. The minimum absolute atomic E-state index is 0. The lowest BCUT2D eigenvalue weighted by Gasteiger charge is -2.10. The number of rotatable bonds is 2. The van der Waals surface area contributed by atoms with Gasteiger partial charge in [0, 0.05) is 29.7 Å². The summed E-state index contributed by atoms with van der Waals surface area (Å²) in [7, 11) is 0. The molecule has 1 aliphatic carbocycles. The smallest absolute Gasteiger partial charge is 0.251 e. The van der Waals surface area contributed by atoms with E-state index in [0.717, 1.165) is 18.7 Å². The van der Waals surface area contributed by atoms with E-state index in [4.69, 9.17) is 11.6 Å². The number of nitrogens with one attached hydrogen (secondary N) is 2. The number of fused-ring (bicyclic) bond motifs is 1. The maximum Gasteiger partial charge on any atom is 0.251 e. The van der Waals surface area contributed by atoms with Crippen LogP contribution in [0.1, 0.15) is 15.9 Å². The van der Waals surface area contributed by atoms with E-state index in [-0.39, 0.29) is 18.3 Å². The van der Waals surface area contributed by atoms with Crippen molar-refractivity contribution in [1.29, 1.82) is 0 Å². The molecule has 2 fully saturated rings. The average Bonchev–Trinajstić information content (AvgIpc) is 2.76. The van der Waals surface area contributed by atoms with Crippen LogP contribution in [0.5, 0.6) is 0 Å². The zero-order valence-corrected chi connectivity index (χ0v) is 11.6. The molecule has 0 radical (unpaired) electrons. The predicted molar refractivity (Wildman–Crippen MR) is 74.5 cm³/mol. The Kier molecular flexibility index (Phi) is 3.85. The summed E-state index contributed by atoms with van der Waals surface area (Å²) >= 11 is 5.92. The third kappa shape index (κ3) is 2.35. The number of carbonyl (C=O) groups excluding carboxylic acids is 1. The zero-order valence-electron chi connectivity index (χ0n) is 10.1. The summed E-state index contributed by atoms with van der Waals surface area (Å²) in [6, 6.07) is 5.79. The van der Waals surface area contributed by atoms with Gasteiger partial charge in [0.05, 0.1) is 0 Å². The lowest BCUT2D eigenvalue weighted by Crippen LogP contribution is -2.32. The number of benzene rings is 1. The Morgan fingerprint density at radius 1 is 1.39 bits per heavy atom. The summed E-state index contributed by atoms with van der Waals surface area (Å²) in [5.74, 6) is 1.28. The third-order valence-corrected chi connectivity index (χ3v) is 4.07. The molecule has 1 heterocycles. The molecule has 3 nitrogen and oxygen atoms in total. The van der Waals surface area contributed by atoms with E-state index in [1.165, 1.54) is 0 Å². The Bertz CT molecular complexity index is 468. The van der Waals surface area contributed by atoms with E-state index in [9.17, 15) is 4.79 Å². The highest BCUT2D eigenvalue weighted by molar-refractivity contribution is 6.31. The first kappa shape index (κ1) is 13.7. The second-order valence-corrected chi connectivity index (χ2v) is 5.38. The minimum atomic E-state index is 0. The summed E-state index contributed by atoms with van der Waals surface area (Å²) < 4.78 is 0. The lowest BCUT2D eigenvalue weighted by molar-refractivity contribution is 0.0946. The highest BCUT2D eigenvalue weighted by atomic mass is 35.5. The Morgan fingerprint density at radius 3 is 2.72 bits per heavy atom. The standard InChI is InChI=1S/C13H15ClN2O.ClH/c1-7-2-3-8(14)4-9(7)13(17)16-12-10-5-15-6-11(10)12;/h2-4,10-12,15H,5-6H2,1H3,(H,16,17);1H. The molecule has 1 aromatic carbocycles. The number of amides is 1. The number of halogens is 2. The molecule has 1 amide bonds. The van der Waals surface area contributed by atoms with Gasteiger partial charge in [-0.3, -0.25) is 4.79 Å². The van der Waals surface area contributed by atoms with E-state index in [1.54, 1.807) is 6.07 Å². The van der Waals surface area contributed by atoms with Gasteiger partial charge < -0.3 is 10.6 Å². The maximum atomic E-state index is 12.1. The molecule has 2 unspecified atom stereocenters. The maximum absolute atomic E-state index is 12.1. The molecule has 5 heteroatoms. The molecule has 3 rings (SSSR count). The van der Waals surface area contributed by atoms with Crippen LogP contribution in [-0.4, -0.2) is 25.0 Å². The molecule has 0 spiro atoms. The fourth-order valence-corrected chi connectivity index (χ4v) is 2.87. The number of hydrogen-bond donors (Lipinski definition) is 2. The van der Waals surface area contributed by atoms with Gasteiger partial charge in [-0.1, -0.05) is 17.7 Å². The van der Waals surface area contributed by atoms with Crippen molar-refractivity contribution in [3.05, 3.63) is 34.3 Å². The molecule has 2 aliphatic rings. The van der Waals surface area contributed by atoms with Crippen LogP contribution in [0.2, 0.25) is 5.02 Å². The van der Waals surface area contributed by atoms with Crippen LogP contribution in [0.3, 0.4) is 0 Å². The SMILES string of the molecule is Cc1ccc(Cl)cc1C(=O)NC1C2CNCC21.Cl. The first-order chi connectivity index (χ1) is 8.16. The molecule has 1 saturated heterocycles. The number of carbonyl (C=O) groups is 1. The highest BCUT2D eigenvalue weighted by Gasteiger charge is 2.53. The first-order valence-corrected chi connectivity index (χ1v) is 6.32. The van der Waals surface area contributed by atoms with Gasteiger partial charge in [-0.25, -0.2) is 0 Å². The Balaban J connectivity index is 0.00000120. The summed E-state index contributed by atoms with van der Waals surface area (Å²) in [6.07, 6.45) is 0. The summed E-state index contributed by atoms with van der Waals surface area (Å²) in [6.45, 7) is 3.99. The number of aryl methyl sites for hydroxylation is 1. The van der Waals surface area contributed by atoms with Gasteiger partial charge in [-0.05, 0) is 36.5 Å². The predicted octanol–water partition coefficient (Wildman–Crippen LogP) is 2.02. The fourth-order valence-electron chi connectivity index (χ4n) is 2.70. The second kappa shape index (κ2) is 5.08. The molecule has 1 saturated carbocycles. The van der Waals surface area contributed by atoms with Crippen molar-refractivity contribution in [2.75, 3.05) is 13.1 Å². The van der Waals surface area contributed by atoms with Crippen molar-refractivity contribution in [2.24, 2.45) is 11.8 Å². The summed E-state index contributed by atoms with van der Waals surface area (Å²) in [5.41, 5.74) is 1.66. The summed E-state index contributed by atoms with van der Waals surface area (Å²) in [4.78, 5) is 12.1. The Labute approximate surface area is 118 Å². The first-order valence-electron chi connectivity index (χ1n) is 5.94. The van der Waals surface area contributed by atoms with Gasteiger partial charge in [-0.2, -0.15) is 0 Å². The monoisotopic (exact) mass is 286 g/mol. The molecule has 98 valence electrons. The second-order valence-electron chi connectivity index (χ2n) is 4.94. The lowest BCUT2D eigenvalue weighted by atomic mass is 10.1. The zero-order chi connectivity index (χ0) is 12.0.